The van der Waals surface area contributed by atoms with Crippen molar-refractivity contribution in [3.63, 3.8) is 0 Å². The summed E-state index contributed by atoms with van der Waals surface area (Å²) < 4.78 is 18.8. The molecule has 2 rings (SSSR count). The van der Waals surface area contributed by atoms with Crippen molar-refractivity contribution in [1.82, 2.24) is 0 Å². The van der Waals surface area contributed by atoms with E-state index >= 15 is 0 Å². The van der Waals surface area contributed by atoms with Crippen LogP contribution < -0.4 is 10.1 Å². The summed E-state index contributed by atoms with van der Waals surface area (Å²) in [7, 11) is 0. The summed E-state index contributed by atoms with van der Waals surface area (Å²) in [6.07, 6.45) is 1.05. The van der Waals surface area contributed by atoms with Gasteiger partial charge in [-0.25, -0.2) is 4.39 Å². The molecule has 2 aromatic rings. The minimum Gasteiger partial charge on any atom is -0.494 e. The van der Waals surface area contributed by atoms with Gasteiger partial charge in [0.05, 0.1) is 11.6 Å². The fraction of sp³-hybridized carbons (Fsp3) is 0.333. The van der Waals surface area contributed by atoms with Gasteiger partial charge in [0.25, 0.3) is 0 Å². The van der Waals surface area contributed by atoms with E-state index < -0.39 is 5.82 Å². The first kappa shape index (κ1) is 16.6. The van der Waals surface area contributed by atoms with Crippen LogP contribution in [0.15, 0.2) is 42.5 Å². The minimum absolute atomic E-state index is 0.124. The van der Waals surface area contributed by atoms with Gasteiger partial charge < -0.3 is 10.1 Å². The molecule has 0 amide bonds. The van der Waals surface area contributed by atoms with Crippen molar-refractivity contribution >= 4 is 17.3 Å². The molecule has 0 aliphatic heterocycles. The number of rotatable bonds is 7. The fourth-order valence-electron chi connectivity index (χ4n) is 1.93. The fourth-order valence-corrected chi connectivity index (χ4v) is 2.11. The number of ether oxygens (including phenoxy) is 1. The second-order valence-corrected chi connectivity index (χ2v) is 6.06. The first-order valence-corrected chi connectivity index (χ1v) is 7.83. The van der Waals surface area contributed by atoms with E-state index in [0.29, 0.717) is 12.5 Å². The lowest BCUT2D eigenvalue weighted by Gasteiger charge is -2.10. The second kappa shape index (κ2) is 8.04. The Morgan fingerprint density at radius 2 is 1.86 bits per heavy atom. The molecule has 0 atom stereocenters. The number of nitrogens with one attached hydrogen (secondary N) is 1. The van der Waals surface area contributed by atoms with Crippen LogP contribution >= 0.6 is 11.6 Å². The van der Waals surface area contributed by atoms with E-state index in [1.54, 1.807) is 12.1 Å². The smallest absolute Gasteiger partial charge is 0.141 e. The molecule has 0 aliphatic carbocycles. The first-order valence-electron chi connectivity index (χ1n) is 7.45. The van der Waals surface area contributed by atoms with Crippen LogP contribution in [0.3, 0.4) is 0 Å². The van der Waals surface area contributed by atoms with Gasteiger partial charge in [0.15, 0.2) is 0 Å². The van der Waals surface area contributed by atoms with Gasteiger partial charge in [-0.05, 0) is 48.2 Å². The van der Waals surface area contributed by atoms with Crippen molar-refractivity contribution in [3.8, 4) is 5.75 Å². The lowest BCUT2D eigenvalue weighted by atomic mass is 10.1. The Morgan fingerprint density at radius 3 is 2.50 bits per heavy atom. The molecule has 0 aromatic heterocycles. The molecule has 2 aromatic carbocycles. The molecular formula is C18H21ClFNO. The monoisotopic (exact) mass is 321 g/mol. The molecule has 1 N–H and O–H groups in total. The summed E-state index contributed by atoms with van der Waals surface area (Å²) in [4.78, 5) is 0. The summed E-state index contributed by atoms with van der Waals surface area (Å²) in [6.45, 7) is 5.75. The van der Waals surface area contributed by atoms with Crippen molar-refractivity contribution in [3.05, 3.63) is 58.9 Å². The Labute approximate surface area is 136 Å². The summed E-state index contributed by atoms with van der Waals surface area (Å²) in [5.41, 5.74) is 1.92. The largest absolute Gasteiger partial charge is 0.494 e. The molecule has 22 heavy (non-hydrogen) atoms. The van der Waals surface area contributed by atoms with Crippen LogP contribution in [0.4, 0.5) is 10.1 Å². The molecule has 0 saturated heterocycles. The van der Waals surface area contributed by atoms with E-state index in [2.05, 4.69) is 19.2 Å². The van der Waals surface area contributed by atoms with E-state index in [-0.39, 0.29) is 5.02 Å². The summed E-state index contributed by atoms with van der Waals surface area (Å²) >= 11 is 5.76. The molecule has 0 heterocycles. The van der Waals surface area contributed by atoms with Crippen LogP contribution in [-0.2, 0) is 6.54 Å². The predicted molar refractivity (Wildman–Crippen MR) is 90.1 cm³/mol. The first-order chi connectivity index (χ1) is 10.5. The van der Waals surface area contributed by atoms with Crippen molar-refractivity contribution in [2.24, 2.45) is 5.92 Å². The summed E-state index contributed by atoms with van der Waals surface area (Å²) in [6, 6.07) is 12.6. The SMILES string of the molecule is CC(C)CCOc1ccc(CNc2ccc(F)c(Cl)c2)cc1. The van der Waals surface area contributed by atoms with Gasteiger partial charge in [0, 0.05) is 12.2 Å². The summed E-state index contributed by atoms with van der Waals surface area (Å²) in [5.74, 6) is 1.12. The van der Waals surface area contributed by atoms with Crippen LogP contribution in [0.25, 0.3) is 0 Å². The number of benzene rings is 2. The molecule has 0 saturated carbocycles. The maximum absolute atomic E-state index is 13.1. The quantitative estimate of drug-likeness (QED) is 0.725. The van der Waals surface area contributed by atoms with Crippen LogP contribution in [-0.4, -0.2) is 6.61 Å². The zero-order valence-corrected chi connectivity index (χ0v) is 13.7. The maximum Gasteiger partial charge on any atom is 0.141 e. The molecular weight excluding hydrogens is 301 g/mol. The third-order valence-corrected chi connectivity index (χ3v) is 3.59. The number of hydrogen-bond donors (Lipinski definition) is 1. The minimum atomic E-state index is -0.407. The molecule has 2 nitrogen and oxygen atoms in total. The van der Waals surface area contributed by atoms with E-state index in [9.17, 15) is 4.39 Å². The van der Waals surface area contributed by atoms with Crippen molar-refractivity contribution in [1.29, 1.82) is 0 Å². The van der Waals surface area contributed by atoms with Crippen molar-refractivity contribution in [2.75, 3.05) is 11.9 Å². The normalized spacial score (nSPS) is 10.8. The second-order valence-electron chi connectivity index (χ2n) is 5.66. The van der Waals surface area contributed by atoms with Gasteiger partial charge in [-0.15, -0.1) is 0 Å². The molecule has 4 heteroatoms. The molecule has 0 unspecified atom stereocenters. The Bertz CT molecular complexity index is 599. The molecule has 0 spiro atoms. The highest BCUT2D eigenvalue weighted by Crippen LogP contribution is 2.20. The predicted octanol–water partition coefficient (Wildman–Crippen LogP) is 5.52. The third-order valence-electron chi connectivity index (χ3n) is 3.30. The number of hydrogen-bond acceptors (Lipinski definition) is 2. The maximum atomic E-state index is 13.1. The molecule has 118 valence electrons. The van der Waals surface area contributed by atoms with Crippen molar-refractivity contribution in [2.45, 2.75) is 26.8 Å². The Hall–Kier alpha value is -1.74. The Balaban J connectivity index is 1.84. The van der Waals surface area contributed by atoms with Crippen LogP contribution in [0.2, 0.25) is 5.02 Å². The summed E-state index contributed by atoms with van der Waals surface area (Å²) in [5, 5.41) is 3.34. The standard InChI is InChI=1S/C18H21ClFNO/c1-13(2)9-10-22-16-6-3-14(4-7-16)12-21-15-5-8-18(20)17(19)11-15/h3-8,11,13,21H,9-10,12H2,1-2H3. The van der Waals surface area contributed by atoms with Gasteiger partial charge in [0.1, 0.15) is 11.6 Å². The van der Waals surface area contributed by atoms with E-state index in [0.717, 1.165) is 30.0 Å². The number of anilines is 1. The Morgan fingerprint density at radius 1 is 1.14 bits per heavy atom. The zero-order valence-electron chi connectivity index (χ0n) is 12.9. The van der Waals surface area contributed by atoms with Crippen molar-refractivity contribution < 1.29 is 9.13 Å². The van der Waals surface area contributed by atoms with Gasteiger partial charge in [-0.2, -0.15) is 0 Å². The third kappa shape index (κ3) is 5.23. The zero-order chi connectivity index (χ0) is 15.9. The highest BCUT2D eigenvalue weighted by atomic mass is 35.5. The lowest BCUT2D eigenvalue weighted by molar-refractivity contribution is 0.289. The Kier molecular flexibility index (Phi) is 6.08. The van der Waals surface area contributed by atoms with Gasteiger partial charge in [-0.3, -0.25) is 0 Å². The van der Waals surface area contributed by atoms with Gasteiger partial charge in [0.2, 0.25) is 0 Å². The van der Waals surface area contributed by atoms with Crippen LogP contribution in [0.5, 0.6) is 5.75 Å². The van der Waals surface area contributed by atoms with E-state index in [4.69, 9.17) is 16.3 Å². The van der Waals surface area contributed by atoms with Crippen LogP contribution in [0.1, 0.15) is 25.8 Å². The molecule has 0 bridgehead atoms. The highest BCUT2D eigenvalue weighted by Gasteiger charge is 2.01. The topological polar surface area (TPSA) is 21.3 Å². The van der Waals surface area contributed by atoms with Crippen LogP contribution in [0, 0.1) is 11.7 Å². The highest BCUT2D eigenvalue weighted by molar-refractivity contribution is 6.31. The molecule has 0 aliphatic rings. The number of halogens is 2. The average Bonchev–Trinajstić information content (AvgIpc) is 2.49. The van der Waals surface area contributed by atoms with E-state index in [1.807, 2.05) is 24.3 Å². The average molecular weight is 322 g/mol. The molecule has 0 radical (unpaired) electrons. The van der Waals surface area contributed by atoms with Gasteiger partial charge in [-0.1, -0.05) is 37.6 Å². The van der Waals surface area contributed by atoms with E-state index in [1.165, 1.54) is 6.07 Å². The van der Waals surface area contributed by atoms with Gasteiger partial charge >= 0.3 is 0 Å². The molecule has 0 fully saturated rings. The lowest BCUT2D eigenvalue weighted by Crippen LogP contribution is -2.02.